The molecule has 1 saturated heterocycles. The number of carbonyl (C=O) groups is 1. The molecule has 0 saturated carbocycles. The number of nitrogens with one attached hydrogen (secondary N) is 1. The number of aromatic nitrogens is 2. The molecule has 0 atom stereocenters. The zero-order chi connectivity index (χ0) is 18.6. The van der Waals surface area contributed by atoms with E-state index >= 15 is 0 Å². The van der Waals surface area contributed by atoms with Crippen molar-refractivity contribution in [2.24, 2.45) is 0 Å². The van der Waals surface area contributed by atoms with Gasteiger partial charge in [-0.05, 0) is 30.5 Å². The number of pyridine rings is 1. The number of anilines is 2. The Morgan fingerprint density at radius 1 is 1.19 bits per heavy atom. The normalized spacial score (nSPS) is 18.3. The first-order valence-corrected chi connectivity index (χ1v) is 9.43. The van der Waals surface area contributed by atoms with Crippen LogP contribution in [0.5, 0.6) is 0 Å². The molecule has 2 N–H and O–H groups in total. The minimum Gasteiger partial charge on any atom is -0.465 e. The summed E-state index contributed by atoms with van der Waals surface area (Å²) in [6.07, 6.45) is 4.38. The zero-order valence-corrected chi connectivity index (χ0v) is 15.4. The summed E-state index contributed by atoms with van der Waals surface area (Å²) < 4.78 is 0. The van der Waals surface area contributed by atoms with Crippen LogP contribution in [-0.4, -0.2) is 45.7 Å². The van der Waals surface area contributed by atoms with Gasteiger partial charge >= 0.3 is 6.09 Å². The summed E-state index contributed by atoms with van der Waals surface area (Å²) in [5, 5.41) is 10.9. The summed E-state index contributed by atoms with van der Waals surface area (Å²) in [6.45, 7) is 1.95. The zero-order valence-electron chi connectivity index (χ0n) is 14.7. The van der Waals surface area contributed by atoms with E-state index in [2.05, 4.69) is 33.1 Å². The average molecular weight is 383 g/mol. The van der Waals surface area contributed by atoms with E-state index in [4.69, 9.17) is 11.6 Å². The van der Waals surface area contributed by atoms with Crippen molar-refractivity contribution in [2.45, 2.75) is 18.3 Å². The summed E-state index contributed by atoms with van der Waals surface area (Å²) in [4.78, 5) is 22.7. The molecule has 7 heteroatoms. The van der Waals surface area contributed by atoms with E-state index in [1.165, 1.54) is 16.2 Å². The third kappa shape index (κ3) is 2.40. The Bertz CT molecular complexity index is 1040. The van der Waals surface area contributed by atoms with Crippen molar-refractivity contribution in [3.8, 4) is 0 Å². The maximum Gasteiger partial charge on any atom is 0.407 e. The lowest BCUT2D eigenvalue weighted by Crippen LogP contribution is -2.46. The van der Waals surface area contributed by atoms with E-state index in [0.29, 0.717) is 18.1 Å². The first-order chi connectivity index (χ1) is 13.1. The topological polar surface area (TPSA) is 72.5 Å². The fourth-order valence-corrected chi connectivity index (χ4v) is 4.87. The van der Waals surface area contributed by atoms with Crippen molar-refractivity contribution in [1.82, 2.24) is 14.9 Å². The fourth-order valence-electron chi connectivity index (χ4n) is 4.62. The van der Waals surface area contributed by atoms with Gasteiger partial charge in [0.25, 0.3) is 0 Å². The number of amides is 1. The first-order valence-electron chi connectivity index (χ1n) is 9.06. The van der Waals surface area contributed by atoms with Gasteiger partial charge in [0.05, 0.1) is 16.1 Å². The molecule has 2 aliphatic rings. The van der Waals surface area contributed by atoms with Crippen LogP contribution in [0.1, 0.15) is 18.4 Å². The standard InChI is InChI=1S/C20H19ClN4O2/c21-14-11-23-18-17(14)16(5-8-22-18)25-12-20(13-3-1-2-4-15(13)25)6-9-24(10-7-20)19(26)27/h1-5,8,11H,6-7,9-10,12H2,(H,22,23)(H,26,27). The molecule has 5 rings (SSSR count). The van der Waals surface area contributed by atoms with Crippen LogP contribution in [-0.2, 0) is 5.41 Å². The Labute approximate surface area is 161 Å². The van der Waals surface area contributed by atoms with E-state index in [9.17, 15) is 9.90 Å². The molecule has 138 valence electrons. The number of hydrogen-bond acceptors (Lipinski definition) is 3. The van der Waals surface area contributed by atoms with E-state index in [-0.39, 0.29) is 5.41 Å². The number of likely N-dealkylation sites (tertiary alicyclic amines) is 1. The molecule has 2 aliphatic heterocycles. The molecule has 0 radical (unpaired) electrons. The van der Waals surface area contributed by atoms with Crippen LogP contribution in [0.25, 0.3) is 11.0 Å². The molecule has 6 nitrogen and oxygen atoms in total. The second-order valence-corrected chi connectivity index (χ2v) is 7.75. The van der Waals surface area contributed by atoms with Crippen LogP contribution < -0.4 is 4.90 Å². The van der Waals surface area contributed by atoms with Gasteiger partial charge in [0.1, 0.15) is 5.65 Å². The maximum atomic E-state index is 11.3. The molecule has 0 aliphatic carbocycles. The summed E-state index contributed by atoms with van der Waals surface area (Å²) in [5.41, 5.74) is 4.24. The highest BCUT2D eigenvalue weighted by molar-refractivity contribution is 6.36. The summed E-state index contributed by atoms with van der Waals surface area (Å²) in [7, 11) is 0. The second-order valence-electron chi connectivity index (χ2n) is 7.34. The van der Waals surface area contributed by atoms with E-state index < -0.39 is 6.09 Å². The SMILES string of the molecule is O=C(O)N1CCC2(CC1)CN(c1ccnc3[nH]cc(Cl)c13)c1ccccc12. The average Bonchev–Trinajstić information content (AvgIpc) is 3.22. The number of aromatic amines is 1. The minimum atomic E-state index is -0.831. The smallest absolute Gasteiger partial charge is 0.407 e. The highest BCUT2D eigenvalue weighted by Gasteiger charge is 2.45. The van der Waals surface area contributed by atoms with Crippen LogP contribution in [0.15, 0.2) is 42.7 Å². The molecule has 1 fully saturated rings. The molecule has 3 aromatic rings. The van der Waals surface area contributed by atoms with Gasteiger partial charge in [-0.25, -0.2) is 9.78 Å². The lowest BCUT2D eigenvalue weighted by molar-refractivity contribution is 0.119. The Balaban J connectivity index is 1.60. The van der Waals surface area contributed by atoms with Crippen LogP contribution in [0, 0.1) is 0 Å². The lowest BCUT2D eigenvalue weighted by atomic mass is 9.74. The molecular formula is C20H19ClN4O2. The lowest BCUT2D eigenvalue weighted by Gasteiger charge is -2.39. The van der Waals surface area contributed by atoms with Crippen LogP contribution >= 0.6 is 11.6 Å². The van der Waals surface area contributed by atoms with Gasteiger partial charge in [-0.2, -0.15) is 0 Å². The van der Waals surface area contributed by atoms with E-state index in [1.54, 1.807) is 12.4 Å². The Morgan fingerprint density at radius 2 is 1.96 bits per heavy atom. The predicted molar refractivity (Wildman–Crippen MR) is 105 cm³/mol. The number of halogens is 1. The van der Waals surface area contributed by atoms with Crippen LogP contribution in [0.3, 0.4) is 0 Å². The first kappa shape index (κ1) is 16.4. The molecule has 4 heterocycles. The molecule has 1 spiro atoms. The van der Waals surface area contributed by atoms with Gasteiger partial charge in [-0.1, -0.05) is 29.8 Å². The third-order valence-corrected chi connectivity index (χ3v) is 6.31. The van der Waals surface area contributed by atoms with E-state index in [0.717, 1.165) is 36.1 Å². The van der Waals surface area contributed by atoms with Gasteiger partial charge in [-0.15, -0.1) is 0 Å². The fraction of sp³-hybridized carbons (Fsp3) is 0.300. The third-order valence-electron chi connectivity index (χ3n) is 6.01. The number of nitrogens with zero attached hydrogens (tertiary/aromatic N) is 3. The number of fused-ring (bicyclic) bond motifs is 3. The molecule has 27 heavy (non-hydrogen) atoms. The molecular weight excluding hydrogens is 364 g/mol. The minimum absolute atomic E-state index is 0.0408. The largest absolute Gasteiger partial charge is 0.465 e. The summed E-state index contributed by atoms with van der Waals surface area (Å²) in [5.74, 6) is 0. The highest BCUT2D eigenvalue weighted by atomic mass is 35.5. The molecule has 1 amide bonds. The highest BCUT2D eigenvalue weighted by Crippen LogP contribution is 2.50. The van der Waals surface area contributed by atoms with Gasteiger partial charge in [0, 0.05) is 43.1 Å². The maximum absolute atomic E-state index is 11.3. The number of carboxylic acid groups (broad SMARTS) is 1. The number of benzene rings is 1. The van der Waals surface area contributed by atoms with Crippen molar-refractivity contribution in [3.05, 3.63) is 53.3 Å². The van der Waals surface area contributed by atoms with Gasteiger partial charge in [-0.3, -0.25) is 0 Å². The van der Waals surface area contributed by atoms with Gasteiger partial charge < -0.3 is 19.9 Å². The van der Waals surface area contributed by atoms with E-state index in [1.807, 2.05) is 12.1 Å². The van der Waals surface area contributed by atoms with Gasteiger partial charge in [0.2, 0.25) is 0 Å². The molecule has 2 aromatic heterocycles. The Kier molecular flexibility index (Phi) is 3.59. The van der Waals surface area contributed by atoms with Crippen LogP contribution in [0.4, 0.5) is 16.2 Å². The molecule has 1 aromatic carbocycles. The second kappa shape index (κ2) is 5.89. The quantitative estimate of drug-likeness (QED) is 0.655. The van der Waals surface area contributed by atoms with Crippen molar-refractivity contribution in [3.63, 3.8) is 0 Å². The van der Waals surface area contributed by atoms with Crippen molar-refractivity contribution in [1.29, 1.82) is 0 Å². The Hall–Kier alpha value is -2.73. The predicted octanol–water partition coefficient (Wildman–Crippen LogP) is 4.38. The monoisotopic (exact) mass is 382 g/mol. The number of piperidine rings is 1. The molecule has 0 bridgehead atoms. The summed E-state index contributed by atoms with van der Waals surface area (Å²) >= 11 is 6.44. The summed E-state index contributed by atoms with van der Waals surface area (Å²) in [6, 6.07) is 10.4. The van der Waals surface area contributed by atoms with Crippen molar-refractivity contribution in [2.75, 3.05) is 24.5 Å². The van der Waals surface area contributed by atoms with Gasteiger partial charge in [0.15, 0.2) is 0 Å². The number of para-hydroxylation sites is 1. The number of H-pyrrole nitrogens is 1. The number of rotatable bonds is 1. The van der Waals surface area contributed by atoms with Crippen molar-refractivity contribution >= 4 is 40.1 Å². The number of hydrogen-bond donors (Lipinski definition) is 2. The Morgan fingerprint density at radius 3 is 2.74 bits per heavy atom. The van der Waals surface area contributed by atoms with Crippen LogP contribution in [0.2, 0.25) is 5.02 Å². The van der Waals surface area contributed by atoms with Crippen molar-refractivity contribution < 1.29 is 9.90 Å². The molecule has 0 unspecified atom stereocenters.